The van der Waals surface area contributed by atoms with Crippen LogP contribution in [-0.4, -0.2) is 11.1 Å². The van der Waals surface area contributed by atoms with Crippen molar-refractivity contribution >= 4 is 29.0 Å². The van der Waals surface area contributed by atoms with Crippen molar-refractivity contribution in [1.29, 1.82) is 0 Å². The van der Waals surface area contributed by atoms with Crippen LogP contribution in [0.15, 0.2) is 77.0 Å². The molecule has 0 saturated carbocycles. The molecule has 3 rings (SSSR count). The number of hydrogen-bond acceptors (Lipinski definition) is 6. The van der Waals surface area contributed by atoms with E-state index in [9.17, 15) is 9.90 Å². The highest BCUT2D eigenvalue weighted by Crippen LogP contribution is 2.21. The van der Waals surface area contributed by atoms with Crippen molar-refractivity contribution in [3.63, 3.8) is 0 Å². The number of aromatic amines is 1. The lowest BCUT2D eigenvalue weighted by Gasteiger charge is -2.07. The van der Waals surface area contributed by atoms with Gasteiger partial charge >= 0.3 is 5.97 Å². The smallest absolute Gasteiger partial charge is 0.335 e. The summed E-state index contributed by atoms with van der Waals surface area (Å²) in [6, 6.07) is 18.4. The van der Waals surface area contributed by atoms with Gasteiger partial charge in [0.1, 0.15) is 0 Å². The van der Waals surface area contributed by atoms with Gasteiger partial charge in [-0.2, -0.15) is 5.11 Å². The number of anilines is 2. The van der Waals surface area contributed by atoms with E-state index in [1.807, 2.05) is 30.3 Å². The van der Waals surface area contributed by atoms with Crippen LogP contribution in [0.3, 0.4) is 0 Å². The molecule has 2 aromatic carbocycles. The number of benzene rings is 2. The van der Waals surface area contributed by atoms with E-state index < -0.39 is 11.7 Å². The molecule has 8 nitrogen and oxygen atoms in total. The predicted molar refractivity (Wildman–Crippen MR) is 95.3 cm³/mol. The van der Waals surface area contributed by atoms with Crippen LogP contribution in [0.2, 0.25) is 0 Å². The number of nitrogens with one attached hydrogen (secondary N) is 1. The van der Waals surface area contributed by atoms with Crippen LogP contribution in [0.5, 0.6) is 5.75 Å². The summed E-state index contributed by atoms with van der Waals surface area (Å²) in [6.45, 7) is 0. The number of hydrogen-bond donors (Lipinski definition) is 3. The molecule has 0 aliphatic rings. The quantitative estimate of drug-likeness (QED) is 0.619. The summed E-state index contributed by atoms with van der Waals surface area (Å²) in [5.74, 6) is -0.726. The van der Waals surface area contributed by atoms with Gasteiger partial charge in [0.15, 0.2) is 5.69 Å². The number of carboxylic acids is 1. The molecule has 132 valence electrons. The number of carboxylic acid groups (broad SMARTS) is 1. The van der Waals surface area contributed by atoms with Crippen molar-refractivity contribution in [2.45, 2.75) is 0 Å². The van der Waals surface area contributed by atoms with Crippen molar-refractivity contribution in [3.05, 3.63) is 72.3 Å². The molecule has 0 atom stereocenters. The van der Waals surface area contributed by atoms with Gasteiger partial charge in [-0.05, 0) is 24.3 Å². The van der Waals surface area contributed by atoms with Crippen LogP contribution in [0.4, 0.5) is 23.0 Å². The Bertz CT molecular complexity index is 914. The lowest BCUT2D eigenvalue weighted by molar-refractivity contribution is -0.341. The van der Waals surface area contributed by atoms with Crippen LogP contribution in [-0.2, 0) is 0 Å². The molecular formula is C18H17N5O3. The van der Waals surface area contributed by atoms with Gasteiger partial charge in [-0.3, -0.25) is 0 Å². The summed E-state index contributed by atoms with van der Waals surface area (Å²) in [4.78, 5) is 13.0. The second-order valence-corrected chi connectivity index (χ2v) is 5.05. The highest BCUT2D eigenvalue weighted by molar-refractivity contribution is 5.90. The average Bonchev–Trinajstić information content (AvgIpc) is 2.62. The van der Waals surface area contributed by atoms with Gasteiger partial charge in [-0.1, -0.05) is 42.1 Å². The van der Waals surface area contributed by atoms with E-state index in [0.717, 1.165) is 5.69 Å². The Balaban J connectivity index is 0.000000209. The molecule has 8 heteroatoms. The van der Waals surface area contributed by atoms with Crippen LogP contribution in [0.25, 0.3) is 0 Å². The summed E-state index contributed by atoms with van der Waals surface area (Å²) < 4.78 is 0. The van der Waals surface area contributed by atoms with Crippen molar-refractivity contribution in [2.24, 2.45) is 10.2 Å². The van der Waals surface area contributed by atoms with E-state index >= 15 is 0 Å². The van der Waals surface area contributed by atoms with Crippen LogP contribution in [0.1, 0.15) is 10.4 Å². The number of azo groups is 1. The number of para-hydroxylation sites is 1. The lowest BCUT2D eigenvalue weighted by atomic mass is 10.2. The zero-order valence-corrected chi connectivity index (χ0v) is 13.7. The van der Waals surface area contributed by atoms with Gasteiger partial charge in [-0.15, -0.1) is 5.11 Å². The molecule has 0 aliphatic heterocycles. The number of carbonyl (C=O) groups is 1. The number of nitrogen functional groups attached to an aromatic ring is 2. The minimum atomic E-state index is -1.18. The van der Waals surface area contributed by atoms with Gasteiger partial charge in [0.05, 0.1) is 11.3 Å². The molecule has 1 aromatic heterocycles. The minimum Gasteiger partial charge on any atom is -0.872 e. The van der Waals surface area contributed by atoms with Crippen LogP contribution >= 0.6 is 0 Å². The van der Waals surface area contributed by atoms with E-state index in [1.165, 1.54) is 24.3 Å². The highest BCUT2D eigenvalue weighted by Gasteiger charge is 2.02. The number of aromatic carboxylic acids is 1. The Labute approximate surface area is 149 Å². The monoisotopic (exact) mass is 351 g/mol. The number of aromatic nitrogens is 1. The SMILES string of the molecule is Nc1ccc(N=Nc2ccccc2)c(N)[nH+]1.O=C(O)c1ccccc1[O-]. The summed E-state index contributed by atoms with van der Waals surface area (Å²) in [5.41, 5.74) is 12.4. The first-order valence-corrected chi connectivity index (χ1v) is 7.51. The predicted octanol–water partition coefficient (Wildman–Crippen LogP) is 2.54. The largest absolute Gasteiger partial charge is 0.872 e. The van der Waals surface area contributed by atoms with E-state index in [1.54, 1.807) is 12.1 Å². The van der Waals surface area contributed by atoms with E-state index in [-0.39, 0.29) is 5.56 Å². The molecule has 0 spiro atoms. The first-order valence-electron chi connectivity index (χ1n) is 7.51. The van der Waals surface area contributed by atoms with E-state index in [4.69, 9.17) is 16.6 Å². The lowest BCUT2D eigenvalue weighted by Crippen LogP contribution is -2.14. The highest BCUT2D eigenvalue weighted by atomic mass is 16.4. The maximum atomic E-state index is 10.7. The van der Waals surface area contributed by atoms with Gasteiger partial charge in [0, 0.05) is 6.07 Å². The number of nitrogens with zero attached hydrogens (tertiary/aromatic N) is 2. The fourth-order valence-electron chi connectivity index (χ4n) is 1.86. The maximum Gasteiger partial charge on any atom is 0.335 e. The van der Waals surface area contributed by atoms with Gasteiger partial charge in [-0.25, -0.2) is 9.78 Å². The maximum absolute atomic E-state index is 10.7. The summed E-state index contributed by atoms with van der Waals surface area (Å²) in [6.07, 6.45) is 0. The van der Waals surface area contributed by atoms with E-state index in [0.29, 0.717) is 17.3 Å². The van der Waals surface area contributed by atoms with Gasteiger partial charge < -0.3 is 21.7 Å². The fourth-order valence-corrected chi connectivity index (χ4v) is 1.86. The molecular weight excluding hydrogens is 334 g/mol. The molecule has 0 saturated heterocycles. The summed E-state index contributed by atoms with van der Waals surface area (Å²) in [7, 11) is 0. The molecule has 0 fully saturated rings. The van der Waals surface area contributed by atoms with Crippen LogP contribution < -0.4 is 21.6 Å². The topological polar surface area (TPSA) is 151 Å². The Kier molecular flexibility index (Phi) is 6.22. The average molecular weight is 351 g/mol. The van der Waals surface area contributed by atoms with Gasteiger partial charge in [0.25, 0.3) is 0 Å². The third-order valence-electron chi connectivity index (χ3n) is 3.12. The molecule has 0 amide bonds. The molecule has 0 radical (unpaired) electrons. The molecule has 6 N–H and O–H groups in total. The fraction of sp³-hybridized carbons (Fsp3) is 0. The second-order valence-electron chi connectivity index (χ2n) is 5.05. The number of H-pyrrole nitrogens is 1. The van der Waals surface area contributed by atoms with Crippen molar-refractivity contribution < 1.29 is 20.0 Å². The number of pyridine rings is 1. The van der Waals surface area contributed by atoms with E-state index in [2.05, 4.69) is 15.2 Å². The molecule has 0 bridgehead atoms. The molecule has 26 heavy (non-hydrogen) atoms. The summed E-state index contributed by atoms with van der Waals surface area (Å²) in [5, 5.41) is 27.1. The zero-order chi connectivity index (χ0) is 18.9. The molecule has 1 heterocycles. The van der Waals surface area contributed by atoms with Crippen molar-refractivity contribution in [1.82, 2.24) is 0 Å². The Morgan fingerprint density at radius 1 is 0.923 bits per heavy atom. The number of nitrogens with two attached hydrogens (primary N) is 2. The third-order valence-corrected chi connectivity index (χ3v) is 3.12. The van der Waals surface area contributed by atoms with Crippen molar-refractivity contribution in [2.75, 3.05) is 11.5 Å². The summed E-state index contributed by atoms with van der Waals surface area (Å²) >= 11 is 0. The normalized spacial score (nSPS) is 10.2. The Hall–Kier alpha value is -3.94. The molecule has 0 aliphatic carbocycles. The first kappa shape index (κ1) is 18.4. The number of rotatable bonds is 3. The minimum absolute atomic E-state index is 0.178. The van der Waals surface area contributed by atoms with Crippen molar-refractivity contribution in [3.8, 4) is 5.75 Å². The van der Waals surface area contributed by atoms with Crippen LogP contribution in [0, 0.1) is 0 Å². The third kappa shape index (κ3) is 5.31. The first-order chi connectivity index (χ1) is 12.5. The molecule has 3 aromatic rings. The second kappa shape index (κ2) is 8.78. The standard InChI is InChI=1S/C11H11N5.C7H6O3/c12-10-7-6-9(11(13)14-10)16-15-8-4-2-1-3-5-8;8-6-4-2-1-3-5(6)7(9)10/h1-7H,(H4,12,13,14);1-4,8H,(H,9,10). The van der Waals surface area contributed by atoms with Gasteiger partial charge in [0.2, 0.25) is 11.6 Å². The zero-order valence-electron chi connectivity index (χ0n) is 13.7. The molecule has 0 unspecified atom stereocenters. The Morgan fingerprint density at radius 2 is 1.58 bits per heavy atom. The Morgan fingerprint density at radius 3 is 2.15 bits per heavy atom.